The Balaban J connectivity index is 2.18. The summed E-state index contributed by atoms with van der Waals surface area (Å²) in [4.78, 5) is 1.28. The standard InChI is InChI=1S/C12H18BrNS/c1-2-3-4-5-6-7-10(14)11-8-9-12(13)15-11/h2,8-10H,1,3-7,14H2. The highest BCUT2D eigenvalue weighted by Gasteiger charge is 2.07. The molecule has 0 bridgehead atoms. The summed E-state index contributed by atoms with van der Waals surface area (Å²) in [6.45, 7) is 3.72. The molecule has 0 spiro atoms. The van der Waals surface area contributed by atoms with Crippen molar-refractivity contribution in [2.75, 3.05) is 0 Å². The van der Waals surface area contributed by atoms with Crippen LogP contribution in [0.25, 0.3) is 0 Å². The second-order valence-electron chi connectivity index (χ2n) is 3.68. The van der Waals surface area contributed by atoms with E-state index in [1.54, 1.807) is 11.3 Å². The van der Waals surface area contributed by atoms with Crippen molar-refractivity contribution in [3.05, 3.63) is 33.5 Å². The minimum Gasteiger partial charge on any atom is -0.323 e. The molecular weight excluding hydrogens is 270 g/mol. The maximum atomic E-state index is 6.09. The summed E-state index contributed by atoms with van der Waals surface area (Å²) in [5.41, 5.74) is 6.09. The Kier molecular flexibility index (Phi) is 6.22. The minimum absolute atomic E-state index is 0.213. The summed E-state index contributed by atoms with van der Waals surface area (Å²) in [6.07, 6.45) is 7.90. The van der Waals surface area contributed by atoms with E-state index in [1.807, 2.05) is 6.08 Å². The molecule has 15 heavy (non-hydrogen) atoms. The van der Waals surface area contributed by atoms with E-state index in [2.05, 4.69) is 34.6 Å². The molecule has 3 heteroatoms. The number of hydrogen-bond acceptors (Lipinski definition) is 2. The molecule has 1 aromatic rings. The SMILES string of the molecule is C=CCCCCCC(N)c1ccc(Br)s1. The Hall–Kier alpha value is -0.120. The van der Waals surface area contributed by atoms with Crippen molar-refractivity contribution < 1.29 is 0 Å². The number of unbranched alkanes of at least 4 members (excludes halogenated alkanes) is 3. The first-order valence-electron chi connectivity index (χ1n) is 5.35. The van der Waals surface area contributed by atoms with Gasteiger partial charge in [0.25, 0.3) is 0 Å². The van der Waals surface area contributed by atoms with Crippen LogP contribution in [-0.4, -0.2) is 0 Å². The molecule has 0 aromatic carbocycles. The fraction of sp³-hybridized carbons (Fsp3) is 0.500. The minimum atomic E-state index is 0.213. The highest BCUT2D eigenvalue weighted by molar-refractivity contribution is 9.11. The van der Waals surface area contributed by atoms with Gasteiger partial charge in [-0.1, -0.05) is 18.9 Å². The molecule has 1 unspecified atom stereocenters. The topological polar surface area (TPSA) is 26.0 Å². The van der Waals surface area contributed by atoms with E-state index in [1.165, 1.54) is 27.9 Å². The summed E-state index contributed by atoms with van der Waals surface area (Å²) in [5.74, 6) is 0. The second-order valence-corrected chi connectivity index (χ2v) is 6.17. The van der Waals surface area contributed by atoms with Crippen LogP contribution in [0.2, 0.25) is 0 Å². The van der Waals surface area contributed by atoms with Crippen LogP contribution in [0.5, 0.6) is 0 Å². The number of hydrogen-bond donors (Lipinski definition) is 1. The van der Waals surface area contributed by atoms with Gasteiger partial charge in [0.2, 0.25) is 0 Å². The molecular formula is C12H18BrNS. The van der Waals surface area contributed by atoms with Gasteiger partial charge in [0, 0.05) is 10.9 Å². The molecule has 1 rings (SSSR count). The van der Waals surface area contributed by atoms with Gasteiger partial charge in [-0.15, -0.1) is 17.9 Å². The summed E-state index contributed by atoms with van der Waals surface area (Å²) >= 11 is 5.19. The third-order valence-electron chi connectivity index (χ3n) is 2.38. The zero-order chi connectivity index (χ0) is 11.1. The molecule has 1 nitrogen and oxygen atoms in total. The molecule has 1 heterocycles. The first kappa shape index (κ1) is 12.9. The fourth-order valence-electron chi connectivity index (χ4n) is 1.50. The van der Waals surface area contributed by atoms with E-state index in [-0.39, 0.29) is 6.04 Å². The molecule has 0 fully saturated rings. The second kappa shape index (κ2) is 7.20. The van der Waals surface area contributed by atoms with Crippen LogP contribution < -0.4 is 5.73 Å². The van der Waals surface area contributed by atoms with Gasteiger partial charge in [-0.05, 0) is 47.3 Å². The molecule has 0 amide bonds. The van der Waals surface area contributed by atoms with Crippen LogP contribution in [0, 0.1) is 0 Å². The third-order valence-corrected chi connectivity index (χ3v) is 4.14. The lowest BCUT2D eigenvalue weighted by atomic mass is 10.1. The average Bonchev–Trinajstić information content (AvgIpc) is 2.64. The van der Waals surface area contributed by atoms with Crippen molar-refractivity contribution in [2.24, 2.45) is 5.73 Å². The summed E-state index contributed by atoms with van der Waals surface area (Å²) in [6, 6.07) is 4.39. The van der Waals surface area contributed by atoms with Crippen LogP contribution in [0.4, 0.5) is 0 Å². The Morgan fingerprint density at radius 2 is 2.20 bits per heavy atom. The summed E-state index contributed by atoms with van der Waals surface area (Å²) < 4.78 is 1.17. The number of rotatable bonds is 7. The predicted molar refractivity (Wildman–Crippen MR) is 72.2 cm³/mol. The van der Waals surface area contributed by atoms with Gasteiger partial charge < -0.3 is 5.73 Å². The van der Waals surface area contributed by atoms with Crippen molar-refractivity contribution in [3.63, 3.8) is 0 Å². The molecule has 0 aliphatic heterocycles. The lowest BCUT2D eigenvalue weighted by Crippen LogP contribution is -2.07. The highest BCUT2D eigenvalue weighted by atomic mass is 79.9. The van der Waals surface area contributed by atoms with Gasteiger partial charge in [-0.2, -0.15) is 0 Å². The summed E-state index contributed by atoms with van der Waals surface area (Å²) in [7, 11) is 0. The predicted octanol–water partition coefficient (Wildman–Crippen LogP) is 4.65. The first-order chi connectivity index (χ1) is 7.24. The lowest BCUT2D eigenvalue weighted by Gasteiger charge is -2.08. The smallest absolute Gasteiger partial charge is 0.0701 e. The molecule has 0 aliphatic carbocycles. The largest absolute Gasteiger partial charge is 0.323 e. The van der Waals surface area contributed by atoms with Crippen molar-refractivity contribution in [3.8, 4) is 0 Å². The van der Waals surface area contributed by atoms with E-state index < -0.39 is 0 Å². The number of allylic oxidation sites excluding steroid dienone is 1. The average molecular weight is 288 g/mol. The van der Waals surface area contributed by atoms with E-state index in [0.717, 1.165) is 12.8 Å². The van der Waals surface area contributed by atoms with Gasteiger partial charge in [0.1, 0.15) is 0 Å². The van der Waals surface area contributed by atoms with E-state index >= 15 is 0 Å². The third kappa shape index (κ3) is 4.96. The van der Waals surface area contributed by atoms with Gasteiger partial charge in [-0.3, -0.25) is 0 Å². The maximum Gasteiger partial charge on any atom is 0.0701 e. The Morgan fingerprint density at radius 1 is 1.40 bits per heavy atom. The molecule has 0 aliphatic rings. The lowest BCUT2D eigenvalue weighted by molar-refractivity contribution is 0.578. The van der Waals surface area contributed by atoms with Crippen molar-refractivity contribution in [2.45, 2.75) is 38.1 Å². The highest BCUT2D eigenvalue weighted by Crippen LogP contribution is 2.28. The van der Waals surface area contributed by atoms with Crippen LogP contribution in [0.1, 0.15) is 43.0 Å². The zero-order valence-electron chi connectivity index (χ0n) is 8.92. The number of halogens is 1. The normalized spacial score (nSPS) is 12.7. The monoisotopic (exact) mass is 287 g/mol. The van der Waals surface area contributed by atoms with Crippen LogP contribution in [-0.2, 0) is 0 Å². The van der Waals surface area contributed by atoms with Crippen molar-refractivity contribution >= 4 is 27.3 Å². The molecule has 0 saturated heterocycles. The van der Waals surface area contributed by atoms with Crippen LogP contribution >= 0.6 is 27.3 Å². The van der Waals surface area contributed by atoms with Crippen molar-refractivity contribution in [1.29, 1.82) is 0 Å². The van der Waals surface area contributed by atoms with Gasteiger partial charge >= 0.3 is 0 Å². The Labute approximate surface area is 105 Å². The van der Waals surface area contributed by atoms with Crippen LogP contribution in [0.15, 0.2) is 28.6 Å². The van der Waals surface area contributed by atoms with Gasteiger partial charge in [0.15, 0.2) is 0 Å². The molecule has 1 aromatic heterocycles. The van der Waals surface area contributed by atoms with E-state index in [9.17, 15) is 0 Å². The Morgan fingerprint density at radius 3 is 2.80 bits per heavy atom. The number of nitrogens with two attached hydrogens (primary N) is 1. The first-order valence-corrected chi connectivity index (χ1v) is 6.96. The van der Waals surface area contributed by atoms with Gasteiger partial charge in [-0.25, -0.2) is 0 Å². The molecule has 84 valence electrons. The molecule has 0 saturated carbocycles. The molecule has 2 N–H and O–H groups in total. The van der Waals surface area contributed by atoms with Gasteiger partial charge in [0.05, 0.1) is 3.79 Å². The maximum absolute atomic E-state index is 6.09. The van der Waals surface area contributed by atoms with E-state index in [4.69, 9.17) is 5.73 Å². The quantitative estimate of drug-likeness (QED) is 0.573. The summed E-state index contributed by atoms with van der Waals surface area (Å²) in [5, 5.41) is 0. The van der Waals surface area contributed by atoms with E-state index in [0.29, 0.717) is 0 Å². The Bertz CT molecular complexity index is 296. The fourth-order valence-corrected chi connectivity index (χ4v) is 2.96. The van der Waals surface area contributed by atoms with Crippen molar-refractivity contribution in [1.82, 2.24) is 0 Å². The molecule has 0 radical (unpaired) electrons. The van der Waals surface area contributed by atoms with Crippen LogP contribution in [0.3, 0.4) is 0 Å². The molecule has 1 atom stereocenters. The number of thiophene rings is 1. The zero-order valence-corrected chi connectivity index (χ0v) is 11.3.